The van der Waals surface area contributed by atoms with Crippen LogP contribution in [0, 0.1) is 11.6 Å². The molecule has 130 valence electrons. The molecule has 3 aliphatic rings. The van der Waals surface area contributed by atoms with Crippen molar-refractivity contribution >= 4 is 11.7 Å². The zero-order chi connectivity index (χ0) is 16.7. The van der Waals surface area contributed by atoms with Gasteiger partial charge in [0.05, 0.1) is 5.69 Å². The number of hydrogen-bond acceptors (Lipinski definition) is 2. The number of hydrogen-bond donors (Lipinski definition) is 2. The lowest BCUT2D eigenvalue weighted by molar-refractivity contribution is 0.0198. The first-order valence-electron chi connectivity index (χ1n) is 8.90. The summed E-state index contributed by atoms with van der Waals surface area (Å²) in [6, 6.07) is 4.77. The molecular weight excluding hydrogens is 312 g/mol. The van der Waals surface area contributed by atoms with Crippen LogP contribution in [-0.4, -0.2) is 35.1 Å². The summed E-state index contributed by atoms with van der Waals surface area (Å²) in [4.78, 5) is 14.9. The summed E-state index contributed by atoms with van der Waals surface area (Å²) in [5.74, 6) is -1.41. The van der Waals surface area contributed by atoms with Crippen LogP contribution in [0.3, 0.4) is 0 Å². The minimum Gasteiger partial charge on any atom is -0.335 e. The normalized spacial score (nSPS) is 30.0. The molecule has 2 amide bonds. The van der Waals surface area contributed by atoms with E-state index in [4.69, 9.17) is 0 Å². The van der Waals surface area contributed by atoms with E-state index in [1.807, 2.05) is 0 Å². The molecular formula is C18H23F2N3O. The third-order valence-corrected chi connectivity index (χ3v) is 5.51. The molecule has 2 atom stereocenters. The number of nitrogens with one attached hydrogen (secondary N) is 2. The van der Waals surface area contributed by atoms with Crippen LogP contribution < -0.4 is 10.6 Å². The minimum atomic E-state index is -0.759. The fourth-order valence-electron chi connectivity index (χ4n) is 4.44. The van der Waals surface area contributed by atoms with Crippen LogP contribution in [0.2, 0.25) is 0 Å². The van der Waals surface area contributed by atoms with E-state index >= 15 is 0 Å². The third kappa shape index (κ3) is 3.24. The van der Waals surface area contributed by atoms with Gasteiger partial charge in [0.15, 0.2) is 0 Å². The summed E-state index contributed by atoms with van der Waals surface area (Å²) in [7, 11) is 0. The molecule has 6 heteroatoms. The van der Waals surface area contributed by atoms with Crippen molar-refractivity contribution in [2.75, 3.05) is 5.32 Å². The summed E-state index contributed by atoms with van der Waals surface area (Å²) in [5.41, 5.74) is 0.00418. The monoisotopic (exact) mass is 335 g/mol. The molecule has 1 aromatic rings. The Bertz CT molecular complexity index is 621. The Morgan fingerprint density at radius 2 is 1.75 bits per heavy atom. The lowest BCUT2D eigenvalue weighted by atomic mass is 9.81. The summed E-state index contributed by atoms with van der Waals surface area (Å²) in [6.07, 6.45) is 8.25. The van der Waals surface area contributed by atoms with Crippen molar-refractivity contribution in [2.24, 2.45) is 0 Å². The smallest absolute Gasteiger partial charge is 0.319 e. The molecule has 1 aliphatic carbocycles. The minimum absolute atomic E-state index is 0.00418. The second kappa shape index (κ2) is 6.31. The molecule has 24 heavy (non-hydrogen) atoms. The Morgan fingerprint density at radius 1 is 1.04 bits per heavy atom. The summed E-state index contributed by atoms with van der Waals surface area (Å²) in [5, 5.41) is 5.47. The second-order valence-corrected chi connectivity index (χ2v) is 7.31. The number of nitrogens with zero attached hydrogens (tertiary/aromatic N) is 1. The maximum absolute atomic E-state index is 13.6. The first-order chi connectivity index (χ1) is 11.6. The third-order valence-electron chi connectivity index (χ3n) is 5.51. The lowest BCUT2D eigenvalue weighted by Crippen LogP contribution is -2.58. The standard InChI is InChI=1S/C18H23F2N3O/c19-11-4-7-17(16(20)8-11)22-18(24)21-12-9-14-2-1-3-15(10-12)23(14)13-5-6-13/h4,7-8,12-15H,1-3,5-6,9-10H2,(H2,21,22,24)/t14-,15-/m0/s1. The Morgan fingerprint density at radius 3 is 2.38 bits per heavy atom. The zero-order valence-corrected chi connectivity index (χ0v) is 13.6. The molecule has 3 fully saturated rings. The van der Waals surface area contributed by atoms with Gasteiger partial charge >= 0.3 is 6.03 Å². The molecule has 4 rings (SSSR count). The highest BCUT2D eigenvalue weighted by Crippen LogP contribution is 2.41. The van der Waals surface area contributed by atoms with E-state index in [0.717, 1.165) is 31.0 Å². The number of piperidine rings is 2. The number of carbonyl (C=O) groups excluding carboxylic acids is 1. The van der Waals surface area contributed by atoms with Crippen molar-refractivity contribution in [1.29, 1.82) is 0 Å². The van der Waals surface area contributed by atoms with E-state index in [1.54, 1.807) is 0 Å². The molecule has 2 bridgehead atoms. The van der Waals surface area contributed by atoms with E-state index in [-0.39, 0.29) is 11.7 Å². The van der Waals surface area contributed by atoms with Crippen LogP contribution in [0.5, 0.6) is 0 Å². The molecule has 2 saturated heterocycles. The molecule has 0 unspecified atom stereocenters. The van der Waals surface area contributed by atoms with Crippen LogP contribution in [0.4, 0.5) is 19.3 Å². The van der Waals surface area contributed by atoms with Crippen LogP contribution >= 0.6 is 0 Å². The average molecular weight is 335 g/mol. The topological polar surface area (TPSA) is 44.4 Å². The molecule has 1 saturated carbocycles. The van der Waals surface area contributed by atoms with Crippen molar-refractivity contribution in [3.05, 3.63) is 29.8 Å². The van der Waals surface area contributed by atoms with Crippen molar-refractivity contribution in [3.8, 4) is 0 Å². The van der Waals surface area contributed by atoms with Gasteiger partial charge in [-0.3, -0.25) is 4.90 Å². The van der Waals surface area contributed by atoms with Gasteiger partial charge in [-0.2, -0.15) is 0 Å². The molecule has 0 radical (unpaired) electrons. The number of benzene rings is 1. The van der Waals surface area contributed by atoms with Crippen molar-refractivity contribution in [2.45, 2.75) is 69.1 Å². The van der Waals surface area contributed by atoms with E-state index in [1.165, 1.54) is 38.2 Å². The molecule has 0 spiro atoms. The fraction of sp³-hybridized carbons (Fsp3) is 0.611. The van der Waals surface area contributed by atoms with Gasteiger partial charge in [0, 0.05) is 30.2 Å². The predicted molar refractivity (Wildman–Crippen MR) is 87.8 cm³/mol. The Labute approximate surface area is 140 Å². The molecule has 2 heterocycles. The number of amides is 2. The first kappa shape index (κ1) is 15.8. The van der Waals surface area contributed by atoms with Crippen molar-refractivity contribution in [1.82, 2.24) is 10.2 Å². The summed E-state index contributed by atoms with van der Waals surface area (Å²) >= 11 is 0. The van der Waals surface area contributed by atoms with Crippen molar-refractivity contribution < 1.29 is 13.6 Å². The molecule has 1 aromatic carbocycles. The van der Waals surface area contributed by atoms with E-state index in [9.17, 15) is 13.6 Å². The Balaban J connectivity index is 1.36. The van der Waals surface area contributed by atoms with E-state index in [0.29, 0.717) is 12.1 Å². The van der Waals surface area contributed by atoms with Gasteiger partial charge in [0.1, 0.15) is 11.6 Å². The van der Waals surface area contributed by atoms with Crippen LogP contribution in [0.1, 0.15) is 44.9 Å². The van der Waals surface area contributed by atoms with E-state index < -0.39 is 17.7 Å². The van der Waals surface area contributed by atoms with Crippen molar-refractivity contribution in [3.63, 3.8) is 0 Å². The van der Waals surface area contributed by atoms with Crippen LogP contribution in [0.25, 0.3) is 0 Å². The van der Waals surface area contributed by atoms with Crippen LogP contribution in [-0.2, 0) is 0 Å². The zero-order valence-electron chi connectivity index (χ0n) is 13.6. The first-order valence-corrected chi connectivity index (χ1v) is 8.90. The maximum atomic E-state index is 13.6. The second-order valence-electron chi connectivity index (χ2n) is 7.31. The van der Waals surface area contributed by atoms with E-state index in [2.05, 4.69) is 15.5 Å². The number of halogens is 2. The van der Waals surface area contributed by atoms with Gasteiger partial charge in [-0.05, 0) is 50.7 Å². The molecule has 2 aliphatic heterocycles. The summed E-state index contributed by atoms with van der Waals surface area (Å²) in [6.45, 7) is 0. The quantitative estimate of drug-likeness (QED) is 0.886. The van der Waals surface area contributed by atoms with Gasteiger partial charge in [-0.15, -0.1) is 0 Å². The fourth-order valence-corrected chi connectivity index (χ4v) is 4.44. The number of urea groups is 1. The number of anilines is 1. The van der Waals surface area contributed by atoms with Gasteiger partial charge < -0.3 is 10.6 Å². The van der Waals surface area contributed by atoms with Crippen LogP contribution in [0.15, 0.2) is 18.2 Å². The number of rotatable bonds is 3. The highest BCUT2D eigenvalue weighted by molar-refractivity contribution is 5.89. The predicted octanol–water partition coefficient (Wildman–Crippen LogP) is 3.63. The van der Waals surface area contributed by atoms with Gasteiger partial charge in [-0.25, -0.2) is 13.6 Å². The Kier molecular flexibility index (Phi) is 4.16. The number of fused-ring (bicyclic) bond motifs is 2. The molecule has 2 N–H and O–H groups in total. The maximum Gasteiger partial charge on any atom is 0.319 e. The number of carbonyl (C=O) groups is 1. The molecule has 4 nitrogen and oxygen atoms in total. The SMILES string of the molecule is O=C(Nc1ccc(F)cc1F)NC1C[C@@H]2CCC[C@@H](C1)N2C1CC1. The largest absolute Gasteiger partial charge is 0.335 e. The molecule has 0 aromatic heterocycles. The summed E-state index contributed by atoms with van der Waals surface area (Å²) < 4.78 is 26.6. The van der Waals surface area contributed by atoms with Gasteiger partial charge in [-0.1, -0.05) is 6.42 Å². The lowest BCUT2D eigenvalue weighted by Gasteiger charge is -2.49. The van der Waals surface area contributed by atoms with Gasteiger partial charge in [0.25, 0.3) is 0 Å². The average Bonchev–Trinajstić information content (AvgIpc) is 3.34. The van der Waals surface area contributed by atoms with Gasteiger partial charge in [0.2, 0.25) is 0 Å². The highest BCUT2D eigenvalue weighted by atomic mass is 19.1. The highest BCUT2D eigenvalue weighted by Gasteiger charge is 2.45. The Hall–Kier alpha value is -1.69.